The van der Waals surface area contributed by atoms with Crippen molar-refractivity contribution in [3.8, 4) is 0 Å². The molecule has 0 saturated heterocycles. The first-order valence-electron chi connectivity index (χ1n) is 5.27. The maximum atomic E-state index is 11.7. The number of carbonyl (C=O) groups is 2. The normalized spacial score (nSPS) is 16.4. The molecule has 0 heterocycles. The van der Waals surface area contributed by atoms with Gasteiger partial charge in [0.05, 0.1) is 0 Å². The number of anilines is 1. The Morgan fingerprint density at radius 1 is 1.29 bits per heavy atom. The van der Waals surface area contributed by atoms with Gasteiger partial charge in [-0.25, -0.2) is 4.79 Å². The van der Waals surface area contributed by atoms with Gasteiger partial charge in [-0.3, -0.25) is 9.69 Å². The molecule has 0 atom stereocenters. The summed E-state index contributed by atoms with van der Waals surface area (Å²) in [5, 5.41) is 9.77. The van der Waals surface area contributed by atoms with Gasteiger partial charge in [-0.2, -0.15) is 0 Å². The molecule has 17 heavy (non-hydrogen) atoms. The van der Waals surface area contributed by atoms with E-state index in [1.165, 1.54) is 11.8 Å². The Morgan fingerprint density at radius 3 is 2.18 bits per heavy atom. The third-order valence-corrected chi connectivity index (χ3v) is 3.20. The van der Waals surface area contributed by atoms with Crippen LogP contribution in [0, 0.1) is 0 Å². The minimum absolute atomic E-state index is 0.271. The summed E-state index contributed by atoms with van der Waals surface area (Å²) in [5.41, 5.74) is -0.485. The van der Waals surface area contributed by atoms with Gasteiger partial charge < -0.3 is 5.11 Å². The van der Waals surface area contributed by atoms with E-state index in [4.69, 9.17) is 11.6 Å². The molecule has 0 radical (unpaired) electrons. The standard InChI is InChI=1S/C12H12ClNO3/c1-8(15)14(12(6-7-12)11(16)17)10-4-2-9(13)3-5-10/h2-5H,6-7H2,1H3,(H,16,17). The van der Waals surface area contributed by atoms with Gasteiger partial charge >= 0.3 is 5.97 Å². The fraction of sp³-hybridized carbons (Fsp3) is 0.333. The van der Waals surface area contributed by atoms with Crippen LogP contribution < -0.4 is 4.90 Å². The molecule has 0 unspecified atom stereocenters. The number of hydrogen-bond acceptors (Lipinski definition) is 2. The maximum Gasteiger partial charge on any atom is 0.330 e. The quantitative estimate of drug-likeness (QED) is 0.899. The van der Waals surface area contributed by atoms with Crippen molar-refractivity contribution < 1.29 is 14.7 Å². The van der Waals surface area contributed by atoms with Crippen LogP contribution in [0.5, 0.6) is 0 Å². The van der Waals surface area contributed by atoms with E-state index in [1.807, 2.05) is 0 Å². The second-order valence-electron chi connectivity index (χ2n) is 4.17. The van der Waals surface area contributed by atoms with Crippen LogP contribution in [0.3, 0.4) is 0 Å². The largest absolute Gasteiger partial charge is 0.479 e. The monoisotopic (exact) mass is 253 g/mol. The molecule has 5 heteroatoms. The number of carbonyl (C=O) groups excluding carboxylic acids is 1. The average molecular weight is 254 g/mol. The van der Waals surface area contributed by atoms with Gasteiger partial charge in [0.2, 0.25) is 5.91 Å². The van der Waals surface area contributed by atoms with Crippen molar-refractivity contribution in [2.45, 2.75) is 25.3 Å². The number of hydrogen-bond donors (Lipinski definition) is 1. The molecule has 1 saturated carbocycles. The first-order chi connectivity index (χ1) is 7.97. The zero-order valence-corrected chi connectivity index (χ0v) is 10.1. The van der Waals surface area contributed by atoms with Crippen molar-refractivity contribution in [1.29, 1.82) is 0 Å². The number of rotatable bonds is 3. The minimum atomic E-state index is -1.06. The Morgan fingerprint density at radius 2 is 1.82 bits per heavy atom. The molecule has 1 aliphatic rings. The Hall–Kier alpha value is -1.55. The van der Waals surface area contributed by atoms with E-state index < -0.39 is 11.5 Å². The molecule has 0 bridgehead atoms. The van der Waals surface area contributed by atoms with Crippen LogP contribution in [-0.4, -0.2) is 22.5 Å². The predicted molar refractivity (Wildman–Crippen MR) is 64.2 cm³/mol. The summed E-state index contributed by atoms with van der Waals surface area (Å²) < 4.78 is 0. The molecular weight excluding hydrogens is 242 g/mol. The van der Waals surface area contributed by atoms with Crippen LogP contribution in [0.25, 0.3) is 0 Å². The molecule has 1 aromatic carbocycles. The molecule has 0 aliphatic heterocycles. The SMILES string of the molecule is CC(=O)N(c1ccc(Cl)cc1)C1(C(=O)O)CC1. The van der Waals surface area contributed by atoms with Gasteiger partial charge in [0.25, 0.3) is 0 Å². The summed E-state index contributed by atoms with van der Waals surface area (Å²) in [6.07, 6.45) is 0.981. The van der Waals surface area contributed by atoms with Crippen LogP contribution in [0.2, 0.25) is 5.02 Å². The Kier molecular flexibility index (Phi) is 2.83. The lowest BCUT2D eigenvalue weighted by atomic mass is 10.1. The van der Waals surface area contributed by atoms with Crippen LogP contribution in [0.1, 0.15) is 19.8 Å². The number of benzene rings is 1. The Bertz CT molecular complexity index is 465. The predicted octanol–water partition coefficient (Wildman–Crippen LogP) is 2.31. The molecule has 2 rings (SSSR count). The van der Waals surface area contributed by atoms with E-state index in [9.17, 15) is 14.7 Å². The van der Waals surface area contributed by atoms with E-state index in [2.05, 4.69) is 0 Å². The van der Waals surface area contributed by atoms with E-state index in [-0.39, 0.29) is 5.91 Å². The van der Waals surface area contributed by atoms with Crippen molar-refractivity contribution in [3.63, 3.8) is 0 Å². The molecule has 1 aliphatic carbocycles. The maximum absolute atomic E-state index is 11.7. The van der Waals surface area contributed by atoms with Gasteiger partial charge in [-0.15, -0.1) is 0 Å². The molecule has 1 amide bonds. The molecule has 0 spiro atoms. The van der Waals surface area contributed by atoms with Crippen molar-refractivity contribution in [2.24, 2.45) is 0 Å². The van der Waals surface area contributed by atoms with E-state index in [1.54, 1.807) is 24.3 Å². The summed E-state index contributed by atoms with van der Waals surface area (Å²) in [6, 6.07) is 6.61. The zero-order valence-electron chi connectivity index (χ0n) is 9.31. The Balaban J connectivity index is 2.40. The van der Waals surface area contributed by atoms with Crippen LogP contribution in [0.4, 0.5) is 5.69 Å². The van der Waals surface area contributed by atoms with Gasteiger partial charge in [-0.1, -0.05) is 11.6 Å². The molecular formula is C12H12ClNO3. The second-order valence-corrected chi connectivity index (χ2v) is 4.60. The van der Waals surface area contributed by atoms with Crippen LogP contribution >= 0.6 is 11.6 Å². The fourth-order valence-corrected chi connectivity index (χ4v) is 2.10. The Labute approximate surface area is 104 Å². The molecule has 0 aromatic heterocycles. The van der Waals surface area contributed by atoms with Gasteiger partial charge in [0.15, 0.2) is 0 Å². The highest BCUT2D eigenvalue weighted by molar-refractivity contribution is 6.30. The topological polar surface area (TPSA) is 57.6 Å². The zero-order chi connectivity index (χ0) is 12.6. The van der Waals surface area contributed by atoms with Gasteiger partial charge in [-0.05, 0) is 37.1 Å². The first kappa shape index (κ1) is 11.9. The fourth-order valence-electron chi connectivity index (χ4n) is 1.97. The summed E-state index contributed by atoms with van der Waals surface area (Å²) in [6.45, 7) is 1.37. The van der Waals surface area contributed by atoms with E-state index >= 15 is 0 Å². The van der Waals surface area contributed by atoms with Crippen molar-refractivity contribution in [1.82, 2.24) is 0 Å². The molecule has 1 aromatic rings. The third-order valence-electron chi connectivity index (χ3n) is 2.95. The first-order valence-corrected chi connectivity index (χ1v) is 5.65. The number of nitrogens with zero attached hydrogens (tertiary/aromatic N) is 1. The van der Waals surface area contributed by atoms with Gasteiger partial charge in [0.1, 0.15) is 5.54 Å². The number of carboxylic acid groups (broad SMARTS) is 1. The summed E-state index contributed by atoms with van der Waals surface area (Å²) in [5.74, 6) is -1.23. The van der Waals surface area contributed by atoms with Gasteiger partial charge in [0, 0.05) is 17.6 Å². The average Bonchev–Trinajstić information content (AvgIpc) is 3.02. The lowest BCUT2D eigenvalue weighted by Gasteiger charge is -2.28. The number of aliphatic carboxylic acids is 1. The highest BCUT2D eigenvalue weighted by Gasteiger charge is 2.57. The van der Waals surface area contributed by atoms with Crippen LogP contribution in [-0.2, 0) is 9.59 Å². The third kappa shape index (κ3) is 2.00. The lowest BCUT2D eigenvalue weighted by Crippen LogP contribution is -2.46. The molecule has 90 valence electrons. The van der Waals surface area contributed by atoms with Crippen LogP contribution in [0.15, 0.2) is 24.3 Å². The molecule has 1 N–H and O–H groups in total. The smallest absolute Gasteiger partial charge is 0.330 e. The minimum Gasteiger partial charge on any atom is -0.479 e. The summed E-state index contributed by atoms with van der Waals surface area (Å²) in [7, 11) is 0. The van der Waals surface area contributed by atoms with Crippen molar-refractivity contribution in [2.75, 3.05) is 4.90 Å². The van der Waals surface area contributed by atoms with E-state index in [0.29, 0.717) is 23.6 Å². The van der Waals surface area contributed by atoms with Crippen molar-refractivity contribution in [3.05, 3.63) is 29.3 Å². The number of carboxylic acids is 1. The molecule has 4 nitrogen and oxygen atoms in total. The number of amides is 1. The highest BCUT2D eigenvalue weighted by Crippen LogP contribution is 2.44. The van der Waals surface area contributed by atoms with Crippen molar-refractivity contribution >= 4 is 29.2 Å². The summed E-state index contributed by atoms with van der Waals surface area (Å²) in [4.78, 5) is 24.2. The number of halogens is 1. The lowest BCUT2D eigenvalue weighted by molar-refractivity contribution is -0.141. The highest BCUT2D eigenvalue weighted by atomic mass is 35.5. The molecule has 1 fully saturated rings. The summed E-state index contributed by atoms with van der Waals surface area (Å²) >= 11 is 5.77. The second kappa shape index (κ2) is 4.04. The van der Waals surface area contributed by atoms with E-state index in [0.717, 1.165) is 0 Å².